The maximum Gasteiger partial charge on any atom is 0.150 e. The SMILES string of the molecule is C=C(C=O)c1c(C)c(C)cc2ccccc12. The number of hydrogen-bond acceptors (Lipinski definition) is 1. The molecule has 1 nitrogen and oxygen atoms in total. The topological polar surface area (TPSA) is 17.1 Å². The number of rotatable bonds is 2. The van der Waals surface area contributed by atoms with Gasteiger partial charge in [-0.05, 0) is 41.3 Å². The normalized spacial score (nSPS) is 10.4. The van der Waals surface area contributed by atoms with Crippen LogP contribution in [-0.4, -0.2) is 6.29 Å². The van der Waals surface area contributed by atoms with Gasteiger partial charge in [0.05, 0.1) is 0 Å². The van der Waals surface area contributed by atoms with Gasteiger partial charge in [0.25, 0.3) is 0 Å². The standard InChI is InChI=1S/C15H14O/c1-10-8-13-6-4-5-7-14(13)15(12(10)3)11(2)9-16/h4-9H,2H2,1,3H3. The van der Waals surface area contributed by atoms with Crippen molar-refractivity contribution in [2.24, 2.45) is 0 Å². The summed E-state index contributed by atoms with van der Waals surface area (Å²) in [7, 11) is 0. The van der Waals surface area contributed by atoms with Crippen LogP contribution in [0.2, 0.25) is 0 Å². The van der Waals surface area contributed by atoms with Crippen LogP contribution in [0.15, 0.2) is 36.9 Å². The molecular formula is C15H14O. The van der Waals surface area contributed by atoms with Crippen LogP contribution in [-0.2, 0) is 4.79 Å². The van der Waals surface area contributed by atoms with Crippen molar-refractivity contribution in [1.82, 2.24) is 0 Å². The van der Waals surface area contributed by atoms with E-state index in [4.69, 9.17) is 0 Å². The van der Waals surface area contributed by atoms with E-state index in [0.29, 0.717) is 5.57 Å². The molecule has 0 aliphatic carbocycles. The maximum absolute atomic E-state index is 10.9. The molecule has 80 valence electrons. The molecule has 2 rings (SSSR count). The van der Waals surface area contributed by atoms with Crippen molar-refractivity contribution in [3.63, 3.8) is 0 Å². The van der Waals surface area contributed by atoms with Crippen LogP contribution in [0.4, 0.5) is 0 Å². The summed E-state index contributed by atoms with van der Waals surface area (Å²) in [5, 5.41) is 2.26. The Kier molecular flexibility index (Phi) is 2.61. The number of aryl methyl sites for hydroxylation is 1. The number of allylic oxidation sites excluding steroid dienone is 1. The largest absolute Gasteiger partial charge is 0.298 e. The molecule has 0 radical (unpaired) electrons. The summed E-state index contributed by atoms with van der Waals surface area (Å²) in [6, 6.07) is 10.2. The minimum atomic E-state index is 0.553. The van der Waals surface area contributed by atoms with Gasteiger partial charge in [0.15, 0.2) is 0 Å². The van der Waals surface area contributed by atoms with Gasteiger partial charge >= 0.3 is 0 Å². The molecular weight excluding hydrogens is 196 g/mol. The Balaban J connectivity index is 2.92. The smallest absolute Gasteiger partial charge is 0.150 e. The summed E-state index contributed by atoms with van der Waals surface area (Å²) in [5.74, 6) is 0. The molecule has 0 aliphatic heterocycles. The van der Waals surface area contributed by atoms with E-state index in [1.54, 1.807) is 0 Å². The minimum Gasteiger partial charge on any atom is -0.298 e. The Hall–Kier alpha value is -1.89. The second-order valence-electron chi connectivity index (χ2n) is 4.06. The maximum atomic E-state index is 10.9. The van der Waals surface area contributed by atoms with E-state index < -0.39 is 0 Å². The monoisotopic (exact) mass is 210 g/mol. The van der Waals surface area contributed by atoms with E-state index in [1.165, 1.54) is 5.56 Å². The lowest BCUT2D eigenvalue weighted by Gasteiger charge is -2.12. The van der Waals surface area contributed by atoms with Crippen LogP contribution in [0.3, 0.4) is 0 Å². The number of carbonyl (C=O) groups is 1. The first kappa shape index (κ1) is 10.6. The number of fused-ring (bicyclic) bond motifs is 1. The highest BCUT2D eigenvalue weighted by molar-refractivity contribution is 6.12. The molecule has 0 atom stereocenters. The number of benzene rings is 2. The van der Waals surface area contributed by atoms with Crippen molar-refractivity contribution in [3.05, 3.63) is 53.6 Å². The van der Waals surface area contributed by atoms with Crippen LogP contribution < -0.4 is 0 Å². The highest BCUT2D eigenvalue weighted by atomic mass is 16.1. The lowest BCUT2D eigenvalue weighted by Crippen LogP contribution is -1.94. The molecule has 0 saturated heterocycles. The van der Waals surface area contributed by atoms with Gasteiger partial charge in [0.1, 0.15) is 6.29 Å². The quantitative estimate of drug-likeness (QED) is 0.546. The van der Waals surface area contributed by atoms with E-state index in [9.17, 15) is 4.79 Å². The summed E-state index contributed by atoms with van der Waals surface area (Å²) in [6.45, 7) is 7.92. The Morgan fingerprint density at radius 3 is 2.62 bits per heavy atom. The van der Waals surface area contributed by atoms with Crippen LogP contribution in [0, 0.1) is 13.8 Å². The van der Waals surface area contributed by atoms with Gasteiger partial charge < -0.3 is 0 Å². The third-order valence-electron chi connectivity index (χ3n) is 3.03. The van der Waals surface area contributed by atoms with Crippen molar-refractivity contribution in [1.29, 1.82) is 0 Å². The Labute approximate surface area is 95.4 Å². The summed E-state index contributed by atoms with van der Waals surface area (Å²) >= 11 is 0. The van der Waals surface area contributed by atoms with E-state index in [-0.39, 0.29) is 0 Å². The van der Waals surface area contributed by atoms with E-state index >= 15 is 0 Å². The minimum absolute atomic E-state index is 0.553. The first-order valence-corrected chi connectivity index (χ1v) is 5.28. The molecule has 0 amide bonds. The Bertz CT molecular complexity index is 579. The van der Waals surface area contributed by atoms with E-state index in [1.807, 2.05) is 25.1 Å². The first-order chi connectivity index (χ1) is 7.65. The lowest BCUT2D eigenvalue weighted by molar-refractivity contribution is -0.103. The molecule has 0 spiro atoms. The molecule has 0 N–H and O–H groups in total. The molecule has 2 aromatic carbocycles. The molecule has 0 saturated carbocycles. The van der Waals surface area contributed by atoms with Crippen LogP contribution >= 0.6 is 0 Å². The molecule has 1 heteroatoms. The molecule has 0 heterocycles. The summed E-state index contributed by atoms with van der Waals surface area (Å²) in [4.78, 5) is 10.9. The van der Waals surface area contributed by atoms with Gasteiger partial charge in [-0.25, -0.2) is 0 Å². The van der Waals surface area contributed by atoms with Gasteiger partial charge in [-0.15, -0.1) is 0 Å². The van der Waals surface area contributed by atoms with Gasteiger partial charge in [0, 0.05) is 5.57 Å². The summed E-state index contributed by atoms with van der Waals surface area (Å²) in [6.07, 6.45) is 0.828. The Morgan fingerprint density at radius 1 is 1.25 bits per heavy atom. The second-order valence-corrected chi connectivity index (χ2v) is 4.06. The van der Waals surface area contributed by atoms with E-state index in [2.05, 4.69) is 25.6 Å². The fourth-order valence-corrected chi connectivity index (χ4v) is 2.06. The fraction of sp³-hybridized carbons (Fsp3) is 0.133. The number of hydrogen-bond donors (Lipinski definition) is 0. The molecule has 0 aliphatic rings. The van der Waals surface area contributed by atoms with E-state index in [0.717, 1.165) is 28.2 Å². The van der Waals surface area contributed by atoms with Crippen molar-refractivity contribution in [2.75, 3.05) is 0 Å². The molecule has 2 aromatic rings. The third-order valence-corrected chi connectivity index (χ3v) is 3.03. The molecule has 0 unspecified atom stereocenters. The average molecular weight is 210 g/mol. The van der Waals surface area contributed by atoms with Crippen molar-refractivity contribution >= 4 is 22.6 Å². The predicted octanol–water partition coefficient (Wildman–Crippen LogP) is 3.67. The summed E-state index contributed by atoms with van der Waals surface area (Å²) < 4.78 is 0. The first-order valence-electron chi connectivity index (χ1n) is 5.28. The zero-order valence-corrected chi connectivity index (χ0v) is 9.58. The van der Waals surface area contributed by atoms with Gasteiger partial charge in [0.2, 0.25) is 0 Å². The predicted molar refractivity (Wildman–Crippen MR) is 68.5 cm³/mol. The highest BCUT2D eigenvalue weighted by Crippen LogP contribution is 2.29. The lowest BCUT2D eigenvalue weighted by atomic mass is 9.92. The fourth-order valence-electron chi connectivity index (χ4n) is 2.06. The zero-order chi connectivity index (χ0) is 11.7. The summed E-state index contributed by atoms with van der Waals surface area (Å²) in [5.41, 5.74) is 3.86. The van der Waals surface area contributed by atoms with Crippen LogP contribution in [0.5, 0.6) is 0 Å². The highest BCUT2D eigenvalue weighted by Gasteiger charge is 2.09. The van der Waals surface area contributed by atoms with Gasteiger partial charge in [-0.1, -0.05) is 36.9 Å². The van der Waals surface area contributed by atoms with Crippen LogP contribution in [0.1, 0.15) is 16.7 Å². The molecule has 0 aromatic heterocycles. The third kappa shape index (κ3) is 1.54. The average Bonchev–Trinajstić information content (AvgIpc) is 2.30. The van der Waals surface area contributed by atoms with Crippen LogP contribution in [0.25, 0.3) is 16.3 Å². The van der Waals surface area contributed by atoms with Crippen molar-refractivity contribution < 1.29 is 4.79 Å². The second kappa shape index (κ2) is 3.93. The number of aldehydes is 1. The van der Waals surface area contributed by atoms with Gasteiger partial charge in [-0.2, -0.15) is 0 Å². The molecule has 0 fully saturated rings. The number of carbonyl (C=O) groups excluding carboxylic acids is 1. The Morgan fingerprint density at radius 2 is 1.94 bits per heavy atom. The zero-order valence-electron chi connectivity index (χ0n) is 9.58. The van der Waals surface area contributed by atoms with Crippen molar-refractivity contribution in [3.8, 4) is 0 Å². The molecule has 16 heavy (non-hydrogen) atoms. The van der Waals surface area contributed by atoms with Crippen molar-refractivity contribution in [2.45, 2.75) is 13.8 Å². The molecule has 0 bridgehead atoms. The van der Waals surface area contributed by atoms with Gasteiger partial charge in [-0.3, -0.25) is 4.79 Å².